The Morgan fingerprint density at radius 1 is 1.36 bits per heavy atom. The van der Waals surface area contributed by atoms with Gasteiger partial charge in [-0.2, -0.15) is 0 Å². The summed E-state index contributed by atoms with van der Waals surface area (Å²) in [5, 5.41) is 21.2. The quantitative estimate of drug-likeness (QED) is 0.459. The molecule has 148 valence electrons. The molecule has 0 fully saturated rings. The van der Waals surface area contributed by atoms with Crippen LogP contribution in [0.3, 0.4) is 0 Å². The summed E-state index contributed by atoms with van der Waals surface area (Å²) in [5.74, 6) is -1.98. The van der Waals surface area contributed by atoms with E-state index in [2.05, 4.69) is 4.98 Å². The van der Waals surface area contributed by atoms with Crippen LogP contribution in [0.15, 0.2) is 18.5 Å². The summed E-state index contributed by atoms with van der Waals surface area (Å²) in [6, 6.07) is 0.952. The SMILES string of the molecule is COC(=O)[C@@H]1Cc2c(ncn2C)CN1C(=O)c1cc(OC)c(O)cc1[N+](=O)[O-]. The van der Waals surface area contributed by atoms with Crippen LogP contribution in [0.4, 0.5) is 5.69 Å². The van der Waals surface area contributed by atoms with Gasteiger partial charge in [0, 0.05) is 25.2 Å². The van der Waals surface area contributed by atoms with Crippen LogP contribution in [-0.4, -0.2) is 56.6 Å². The number of ether oxygens (including phenoxy) is 2. The number of fused-ring (bicyclic) bond motifs is 1. The van der Waals surface area contributed by atoms with Crippen molar-refractivity contribution in [3.05, 3.63) is 45.5 Å². The Kier molecular flexibility index (Phi) is 4.91. The molecule has 1 aliphatic heterocycles. The van der Waals surface area contributed by atoms with Gasteiger partial charge in [-0.15, -0.1) is 0 Å². The predicted molar refractivity (Wildman–Crippen MR) is 93.9 cm³/mol. The van der Waals surface area contributed by atoms with Crippen molar-refractivity contribution in [2.75, 3.05) is 14.2 Å². The molecule has 0 spiro atoms. The van der Waals surface area contributed by atoms with E-state index in [0.29, 0.717) is 5.69 Å². The fraction of sp³-hybridized carbons (Fsp3) is 0.353. The van der Waals surface area contributed by atoms with Gasteiger partial charge in [-0.1, -0.05) is 0 Å². The van der Waals surface area contributed by atoms with E-state index in [1.807, 2.05) is 0 Å². The van der Waals surface area contributed by atoms with Crippen LogP contribution in [0.2, 0.25) is 0 Å². The minimum absolute atomic E-state index is 0.0187. The molecule has 11 heteroatoms. The van der Waals surface area contributed by atoms with E-state index < -0.39 is 34.3 Å². The third-order valence-electron chi connectivity index (χ3n) is 4.69. The number of nitro groups is 1. The second-order valence-electron chi connectivity index (χ2n) is 6.22. The fourth-order valence-electron chi connectivity index (χ4n) is 3.22. The lowest BCUT2D eigenvalue weighted by Gasteiger charge is -2.33. The number of esters is 1. The van der Waals surface area contributed by atoms with Gasteiger partial charge in [-0.25, -0.2) is 9.78 Å². The maximum absolute atomic E-state index is 13.2. The van der Waals surface area contributed by atoms with Crippen molar-refractivity contribution in [2.24, 2.45) is 7.05 Å². The molecule has 0 unspecified atom stereocenters. The molecule has 0 radical (unpaired) electrons. The Balaban J connectivity index is 2.09. The first-order valence-corrected chi connectivity index (χ1v) is 8.21. The number of amides is 1. The number of aromatic nitrogens is 2. The van der Waals surface area contributed by atoms with Crippen molar-refractivity contribution in [2.45, 2.75) is 19.0 Å². The minimum atomic E-state index is -0.972. The van der Waals surface area contributed by atoms with Crippen molar-refractivity contribution in [3.63, 3.8) is 0 Å². The number of nitrogens with zero attached hydrogens (tertiary/aromatic N) is 4. The van der Waals surface area contributed by atoms with Gasteiger partial charge in [0.2, 0.25) is 0 Å². The van der Waals surface area contributed by atoms with Crippen LogP contribution >= 0.6 is 0 Å². The number of nitro benzene ring substituents is 1. The Bertz CT molecular complexity index is 969. The van der Waals surface area contributed by atoms with Crippen molar-refractivity contribution in [3.8, 4) is 11.5 Å². The lowest BCUT2D eigenvalue weighted by Crippen LogP contribution is -2.49. The number of imidazole rings is 1. The van der Waals surface area contributed by atoms with Gasteiger partial charge in [0.05, 0.1) is 43.8 Å². The standard InChI is InChI=1S/C17H18N4O7/c1-19-8-18-10-7-20(13(5-12(10)19)17(24)28-3)16(23)9-4-15(27-2)14(22)6-11(9)21(25)26/h4,6,8,13,22H,5,7H2,1-3H3/t13-/m0/s1. The zero-order valence-electron chi connectivity index (χ0n) is 15.4. The highest BCUT2D eigenvalue weighted by Crippen LogP contribution is 2.35. The first kappa shape index (κ1) is 19.1. The van der Waals surface area contributed by atoms with Gasteiger partial charge in [0.15, 0.2) is 11.5 Å². The lowest BCUT2D eigenvalue weighted by molar-refractivity contribution is -0.385. The highest BCUT2D eigenvalue weighted by Gasteiger charge is 2.40. The molecule has 2 aromatic rings. The molecule has 2 heterocycles. The average molecular weight is 390 g/mol. The number of phenolic OH excluding ortho intramolecular Hbond substituents is 1. The van der Waals surface area contributed by atoms with Crippen molar-refractivity contribution < 1.29 is 29.1 Å². The number of hydrogen-bond acceptors (Lipinski definition) is 8. The molecule has 1 atom stereocenters. The summed E-state index contributed by atoms with van der Waals surface area (Å²) in [5.41, 5.74) is 0.452. The van der Waals surface area contributed by atoms with Gasteiger partial charge < -0.3 is 24.0 Å². The minimum Gasteiger partial charge on any atom is -0.504 e. The number of aryl methyl sites for hydroxylation is 1. The number of methoxy groups -OCH3 is 2. The molecule has 0 bridgehead atoms. The summed E-state index contributed by atoms with van der Waals surface area (Å²) in [6.07, 6.45) is 1.73. The second-order valence-corrected chi connectivity index (χ2v) is 6.22. The van der Waals surface area contributed by atoms with E-state index in [9.17, 15) is 24.8 Å². The summed E-state index contributed by atoms with van der Waals surface area (Å²) >= 11 is 0. The number of phenols is 1. The van der Waals surface area contributed by atoms with Crippen LogP contribution in [0, 0.1) is 10.1 Å². The topological polar surface area (TPSA) is 137 Å². The molecule has 0 saturated carbocycles. The molecular weight excluding hydrogens is 372 g/mol. The number of benzene rings is 1. The molecule has 0 saturated heterocycles. The molecular formula is C17H18N4O7. The molecule has 28 heavy (non-hydrogen) atoms. The summed E-state index contributed by atoms with van der Waals surface area (Å²) in [4.78, 5) is 41.5. The van der Waals surface area contributed by atoms with E-state index in [1.54, 1.807) is 17.9 Å². The number of carbonyl (C=O) groups excluding carboxylic acids is 2. The number of aromatic hydroxyl groups is 1. The molecule has 1 aromatic heterocycles. The van der Waals surface area contributed by atoms with E-state index in [4.69, 9.17) is 9.47 Å². The number of carbonyl (C=O) groups is 2. The second kappa shape index (κ2) is 7.18. The van der Waals surface area contributed by atoms with E-state index >= 15 is 0 Å². The number of hydrogen-bond donors (Lipinski definition) is 1. The largest absolute Gasteiger partial charge is 0.504 e. The molecule has 1 amide bonds. The average Bonchev–Trinajstić information content (AvgIpc) is 3.05. The highest BCUT2D eigenvalue weighted by atomic mass is 16.6. The zero-order chi connectivity index (χ0) is 20.6. The van der Waals surface area contributed by atoms with E-state index in [1.165, 1.54) is 19.1 Å². The molecule has 1 aromatic carbocycles. The van der Waals surface area contributed by atoms with Gasteiger partial charge in [0.25, 0.3) is 11.6 Å². The third-order valence-corrected chi connectivity index (χ3v) is 4.69. The highest BCUT2D eigenvalue weighted by molar-refractivity contribution is 6.01. The lowest BCUT2D eigenvalue weighted by atomic mass is 10.00. The van der Waals surface area contributed by atoms with Crippen LogP contribution in [0.25, 0.3) is 0 Å². The fourth-order valence-corrected chi connectivity index (χ4v) is 3.22. The monoisotopic (exact) mass is 390 g/mol. The first-order valence-electron chi connectivity index (χ1n) is 8.21. The van der Waals surface area contributed by atoms with Crippen LogP contribution in [0.5, 0.6) is 11.5 Å². The van der Waals surface area contributed by atoms with Gasteiger partial charge >= 0.3 is 5.97 Å². The van der Waals surface area contributed by atoms with Crippen LogP contribution < -0.4 is 4.74 Å². The molecule has 1 N–H and O–H groups in total. The predicted octanol–water partition coefficient (Wildman–Crippen LogP) is 0.783. The van der Waals surface area contributed by atoms with Crippen molar-refractivity contribution in [1.82, 2.24) is 14.5 Å². The van der Waals surface area contributed by atoms with Crippen LogP contribution in [0.1, 0.15) is 21.7 Å². The van der Waals surface area contributed by atoms with Gasteiger partial charge in [-0.05, 0) is 0 Å². The Morgan fingerprint density at radius 2 is 2.07 bits per heavy atom. The van der Waals surface area contributed by atoms with Gasteiger partial charge in [-0.3, -0.25) is 14.9 Å². The third kappa shape index (κ3) is 3.10. The van der Waals surface area contributed by atoms with Crippen LogP contribution in [-0.2, 0) is 29.5 Å². The maximum Gasteiger partial charge on any atom is 0.329 e. The summed E-state index contributed by atoms with van der Waals surface area (Å²) < 4.78 is 11.5. The van der Waals surface area contributed by atoms with Crippen molar-refractivity contribution in [1.29, 1.82) is 0 Å². The first-order chi connectivity index (χ1) is 13.3. The molecule has 1 aliphatic rings. The molecule has 0 aliphatic carbocycles. The Labute approximate surface area is 159 Å². The Hall–Kier alpha value is -3.63. The molecule has 3 rings (SSSR count). The Morgan fingerprint density at radius 3 is 2.68 bits per heavy atom. The molecule has 11 nitrogen and oxygen atoms in total. The maximum atomic E-state index is 13.2. The number of rotatable bonds is 4. The summed E-state index contributed by atoms with van der Waals surface area (Å²) in [6.45, 7) is -0.0187. The van der Waals surface area contributed by atoms with E-state index in [0.717, 1.165) is 17.8 Å². The van der Waals surface area contributed by atoms with E-state index in [-0.39, 0.29) is 24.3 Å². The smallest absolute Gasteiger partial charge is 0.329 e. The normalized spacial score (nSPS) is 15.7. The summed E-state index contributed by atoms with van der Waals surface area (Å²) in [7, 11) is 4.23. The van der Waals surface area contributed by atoms with Gasteiger partial charge in [0.1, 0.15) is 11.6 Å². The van der Waals surface area contributed by atoms with Crippen molar-refractivity contribution >= 4 is 17.6 Å². The zero-order valence-corrected chi connectivity index (χ0v) is 15.4.